The van der Waals surface area contributed by atoms with E-state index in [0.717, 1.165) is 38.1 Å². The van der Waals surface area contributed by atoms with Crippen LogP contribution in [-0.4, -0.2) is 29.1 Å². The smallest absolute Gasteiger partial charge is 0.408 e. The van der Waals surface area contributed by atoms with Crippen LogP contribution in [0.25, 0.3) is 11.1 Å². The van der Waals surface area contributed by atoms with E-state index in [1.165, 1.54) is 25.7 Å². The molecule has 1 spiro atoms. The van der Waals surface area contributed by atoms with Gasteiger partial charge < -0.3 is 9.32 Å². The molecule has 0 N–H and O–H groups in total. The summed E-state index contributed by atoms with van der Waals surface area (Å²) in [5.74, 6) is -0.239. The standard InChI is InChI=1S/C23H26N2O2/c26-22-25(20-8-3-4-9-21(20)27-22)15-5-14-24-16-12-23(13-17-24)11-10-18-6-1-2-7-19(18)23/h1-4,6-9H,5,10-17H2. The Hall–Kier alpha value is -2.33. The van der Waals surface area contributed by atoms with Crippen LogP contribution >= 0.6 is 0 Å². The van der Waals surface area contributed by atoms with Gasteiger partial charge in [0.25, 0.3) is 0 Å². The zero-order valence-corrected chi connectivity index (χ0v) is 15.7. The number of rotatable bonds is 4. The molecule has 0 amide bonds. The highest BCUT2D eigenvalue weighted by Crippen LogP contribution is 2.46. The lowest BCUT2D eigenvalue weighted by atomic mass is 9.74. The Labute approximate surface area is 159 Å². The predicted molar refractivity (Wildman–Crippen MR) is 107 cm³/mol. The van der Waals surface area contributed by atoms with Gasteiger partial charge in [0.1, 0.15) is 0 Å². The molecule has 2 aliphatic rings. The van der Waals surface area contributed by atoms with Crippen molar-refractivity contribution in [1.82, 2.24) is 9.47 Å². The normalized spacial score (nSPS) is 19.0. The monoisotopic (exact) mass is 362 g/mol. The van der Waals surface area contributed by atoms with Crippen LogP contribution in [0.1, 0.15) is 36.8 Å². The number of piperidine rings is 1. The molecule has 1 aromatic heterocycles. The second kappa shape index (κ2) is 6.68. The molecule has 0 radical (unpaired) electrons. The maximum Gasteiger partial charge on any atom is 0.419 e. The Kier molecular flexibility index (Phi) is 4.16. The predicted octanol–water partition coefficient (Wildman–Crippen LogP) is 3.96. The first-order valence-corrected chi connectivity index (χ1v) is 10.1. The minimum atomic E-state index is -0.239. The minimum absolute atomic E-state index is 0.239. The molecule has 1 fully saturated rings. The first kappa shape index (κ1) is 16.8. The van der Waals surface area contributed by atoms with Crippen LogP contribution in [0.15, 0.2) is 57.7 Å². The van der Waals surface area contributed by atoms with E-state index in [-0.39, 0.29) is 5.76 Å². The first-order chi connectivity index (χ1) is 13.3. The lowest BCUT2D eigenvalue weighted by Crippen LogP contribution is -2.42. The van der Waals surface area contributed by atoms with E-state index in [9.17, 15) is 4.79 Å². The summed E-state index contributed by atoms with van der Waals surface area (Å²) < 4.78 is 7.10. The number of fused-ring (bicyclic) bond motifs is 3. The first-order valence-electron chi connectivity index (χ1n) is 10.1. The molecule has 0 bridgehead atoms. The summed E-state index contributed by atoms with van der Waals surface area (Å²) in [5, 5.41) is 0. The number of oxazole rings is 1. The fraction of sp³-hybridized carbons (Fsp3) is 0.435. The molecular formula is C23H26N2O2. The summed E-state index contributed by atoms with van der Waals surface area (Å²) in [6, 6.07) is 16.7. The number of nitrogens with zero attached hydrogens (tertiary/aromatic N) is 2. The molecular weight excluding hydrogens is 336 g/mol. The van der Waals surface area contributed by atoms with Gasteiger partial charge in [0.05, 0.1) is 5.52 Å². The lowest BCUT2D eigenvalue weighted by molar-refractivity contribution is 0.155. The van der Waals surface area contributed by atoms with Gasteiger partial charge in [-0.1, -0.05) is 36.4 Å². The molecule has 140 valence electrons. The van der Waals surface area contributed by atoms with Crippen molar-refractivity contribution < 1.29 is 4.42 Å². The fourth-order valence-corrected chi connectivity index (χ4v) is 5.17. The number of aryl methyl sites for hydroxylation is 2. The van der Waals surface area contributed by atoms with Gasteiger partial charge in [0, 0.05) is 6.54 Å². The molecule has 1 aliphatic heterocycles. The maximum absolute atomic E-state index is 12.1. The molecule has 3 aromatic rings. The third-order valence-electron chi connectivity index (χ3n) is 6.70. The largest absolute Gasteiger partial charge is 0.419 e. The van der Waals surface area contributed by atoms with Crippen LogP contribution in [0.5, 0.6) is 0 Å². The summed E-state index contributed by atoms with van der Waals surface area (Å²) in [6.07, 6.45) is 6.06. The number of likely N-dealkylation sites (tertiary alicyclic amines) is 1. The van der Waals surface area contributed by atoms with Crippen LogP contribution in [0, 0.1) is 0 Å². The van der Waals surface area contributed by atoms with Crippen LogP contribution in [-0.2, 0) is 18.4 Å². The van der Waals surface area contributed by atoms with Crippen LogP contribution in [0.3, 0.4) is 0 Å². The van der Waals surface area contributed by atoms with Crippen molar-refractivity contribution in [1.29, 1.82) is 0 Å². The number of hydrogen-bond acceptors (Lipinski definition) is 3. The van der Waals surface area contributed by atoms with Gasteiger partial charge in [-0.05, 0) is 80.4 Å². The second-order valence-electron chi connectivity index (χ2n) is 8.12. The average molecular weight is 362 g/mol. The minimum Gasteiger partial charge on any atom is -0.408 e. The van der Waals surface area contributed by atoms with Crippen molar-refractivity contribution in [3.63, 3.8) is 0 Å². The molecule has 5 rings (SSSR count). The number of aromatic nitrogens is 1. The Morgan fingerprint density at radius 3 is 2.59 bits per heavy atom. The van der Waals surface area contributed by atoms with Crippen molar-refractivity contribution in [3.05, 3.63) is 70.2 Å². The molecule has 0 saturated carbocycles. The number of hydrogen-bond donors (Lipinski definition) is 0. The van der Waals surface area contributed by atoms with E-state index in [1.54, 1.807) is 15.7 Å². The third-order valence-corrected chi connectivity index (χ3v) is 6.70. The highest BCUT2D eigenvalue weighted by molar-refractivity contribution is 5.72. The van der Waals surface area contributed by atoms with Gasteiger partial charge >= 0.3 is 5.76 Å². The second-order valence-corrected chi connectivity index (χ2v) is 8.12. The highest BCUT2D eigenvalue weighted by Gasteiger charge is 2.40. The van der Waals surface area contributed by atoms with Crippen molar-refractivity contribution in [2.45, 2.75) is 44.1 Å². The average Bonchev–Trinajstić information content (AvgIpc) is 3.22. The van der Waals surface area contributed by atoms with Crippen molar-refractivity contribution >= 4 is 11.1 Å². The van der Waals surface area contributed by atoms with E-state index in [2.05, 4.69) is 29.2 Å². The highest BCUT2D eigenvalue weighted by atomic mass is 16.4. The van der Waals surface area contributed by atoms with Crippen molar-refractivity contribution in [3.8, 4) is 0 Å². The molecule has 4 nitrogen and oxygen atoms in total. The molecule has 4 heteroatoms. The van der Waals surface area contributed by atoms with E-state index < -0.39 is 0 Å². The Morgan fingerprint density at radius 1 is 0.926 bits per heavy atom. The van der Waals surface area contributed by atoms with Gasteiger partial charge in [-0.25, -0.2) is 4.79 Å². The van der Waals surface area contributed by atoms with Crippen LogP contribution in [0.4, 0.5) is 0 Å². The summed E-state index contributed by atoms with van der Waals surface area (Å²) in [5.41, 5.74) is 5.19. The van der Waals surface area contributed by atoms with Crippen LogP contribution < -0.4 is 5.76 Å². The third kappa shape index (κ3) is 2.92. The summed E-state index contributed by atoms with van der Waals surface area (Å²) in [4.78, 5) is 14.7. The molecule has 1 aliphatic carbocycles. The zero-order valence-electron chi connectivity index (χ0n) is 15.7. The summed E-state index contributed by atoms with van der Waals surface area (Å²) in [6.45, 7) is 4.09. The molecule has 0 unspecified atom stereocenters. The SMILES string of the molecule is O=c1oc2ccccc2n1CCCN1CCC2(CCc3ccccc32)CC1. The van der Waals surface area contributed by atoms with Crippen LogP contribution in [0.2, 0.25) is 0 Å². The lowest BCUT2D eigenvalue weighted by Gasteiger charge is -2.40. The quantitative estimate of drug-likeness (QED) is 0.705. The molecule has 2 heterocycles. The van der Waals surface area contributed by atoms with E-state index in [0.29, 0.717) is 11.0 Å². The van der Waals surface area contributed by atoms with Crippen molar-refractivity contribution in [2.75, 3.05) is 19.6 Å². The number of benzene rings is 2. The fourth-order valence-electron chi connectivity index (χ4n) is 5.17. The van der Waals surface area contributed by atoms with Gasteiger partial charge in [0.2, 0.25) is 0 Å². The van der Waals surface area contributed by atoms with E-state index in [4.69, 9.17) is 4.42 Å². The summed E-state index contributed by atoms with van der Waals surface area (Å²) in [7, 11) is 0. The zero-order chi connectivity index (χ0) is 18.3. The topological polar surface area (TPSA) is 38.4 Å². The Bertz CT molecular complexity index is 1010. The maximum atomic E-state index is 12.1. The van der Waals surface area contributed by atoms with Gasteiger partial charge in [-0.15, -0.1) is 0 Å². The van der Waals surface area contributed by atoms with E-state index in [1.807, 2.05) is 24.3 Å². The molecule has 2 aromatic carbocycles. The van der Waals surface area contributed by atoms with Crippen molar-refractivity contribution in [2.24, 2.45) is 0 Å². The molecule has 27 heavy (non-hydrogen) atoms. The number of para-hydroxylation sites is 2. The van der Waals surface area contributed by atoms with Gasteiger partial charge in [-0.2, -0.15) is 0 Å². The Morgan fingerprint density at radius 2 is 1.70 bits per heavy atom. The summed E-state index contributed by atoms with van der Waals surface area (Å²) >= 11 is 0. The van der Waals surface area contributed by atoms with Gasteiger partial charge in [-0.3, -0.25) is 4.57 Å². The van der Waals surface area contributed by atoms with E-state index >= 15 is 0 Å². The molecule has 1 saturated heterocycles. The Balaban J connectivity index is 1.20. The van der Waals surface area contributed by atoms with Gasteiger partial charge in [0.15, 0.2) is 5.58 Å². The molecule has 0 atom stereocenters.